The molecule has 0 unspecified atom stereocenters. The molecule has 1 aromatic heterocycles. The van der Waals surface area contributed by atoms with Crippen LogP contribution in [0.15, 0.2) is 50.6 Å². The van der Waals surface area contributed by atoms with E-state index in [1.807, 2.05) is 31.2 Å². The minimum atomic E-state index is -0.277. The molecule has 1 heterocycles. The standard InChI is InChI=1S/C14H13BrN2O2/c1-9(11-4-3-5-12(15)8-11)16-17-14(18)13-6-7-19-10(13)2/h3-8H,1-2H3,(H,17,18). The summed E-state index contributed by atoms with van der Waals surface area (Å²) in [7, 11) is 0. The SMILES string of the molecule is CC(=NNC(=O)c1ccoc1C)c1cccc(Br)c1. The molecular formula is C14H13BrN2O2. The highest BCUT2D eigenvalue weighted by Gasteiger charge is 2.10. The Labute approximate surface area is 119 Å². The fraction of sp³-hybridized carbons (Fsp3) is 0.143. The average Bonchev–Trinajstić information content (AvgIpc) is 2.82. The summed E-state index contributed by atoms with van der Waals surface area (Å²) in [5, 5.41) is 4.09. The van der Waals surface area contributed by atoms with Gasteiger partial charge in [-0.05, 0) is 37.6 Å². The van der Waals surface area contributed by atoms with E-state index in [9.17, 15) is 4.79 Å². The average molecular weight is 321 g/mol. The summed E-state index contributed by atoms with van der Waals surface area (Å²) in [6, 6.07) is 9.34. The Bertz CT molecular complexity index is 632. The number of carbonyl (C=O) groups is 1. The van der Waals surface area contributed by atoms with Crippen molar-refractivity contribution in [3.8, 4) is 0 Å². The van der Waals surface area contributed by atoms with Crippen LogP contribution in [0.3, 0.4) is 0 Å². The Balaban J connectivity index is 2.11. The molecule has 2 aromatic rings. The molecule has 0 radical (unpaired) electrons. The predicted octanol–water partition coefficient (Wildman–Crippen LogP) is 3.50. The van der Waals surface area contributed by atoms with E-state index in [1.165, 1.54) is 6.26 Å². The summed E-state index contributed by atoms with van der Waals surface area (Å²) in [4.78, 5) is 11.8. The maximum atomic E-state index is 11.8. The van der Waals surface area contributed by atoms with Crippen LogP contribution in [0, 0.1) is 6.92 Å². The predicted molar refractivity (Wildman–Crippen MR) is 77.3 cm³/mol. The summed E-state index contributed by atoms with van der Waals surface area (Å²) >= 11 is 3.40. The van der Waals surface area contributed by atoms with E-state index in [2.05, 4.69) is 26.5 Å². The summed E-state index contributed by atoms with van der Waals surface area (Å²) in [5.41, 5.74) is 4.68. The number of halogens is 1. The lowest BCUT2D eigenvalue weighted by molar-refractivity contribution is 0.0953. The molecule has 0 saturated carbocycles. The van der Waals surface area contributed by atoms with Crippen LogP contribution in [-0.2, 0) is 0 Å². The molecule has 0 fully saturated rings. The van der Waals surface area contributed by atoms with E-state index in [0.29, 0.717) is 11.3 Å². The van der Waals surface area contributed by atoms with Crippen LogP contribution in [-0.4, -0.2) is 11.6 Å². The zero-order valence-corrected chi connectivity index (χ0v) is 12.2. The van der Waals surface area contributed by atoms with Crippen molar-refractivity contribution in [1.29, 1.82) is 0 Å². The van der Waals surface area contributed by atoms with Gasteiger partial charge in [0, 0.05) is 4.47 Å². The molecule has 0 atom stereocenters. The van der Waals surface area contributed by atoms with E-state index < -0.39 is 0 Å². The number of aryl methyl sites for hydroxylation is 1. The molecule has 0 saturated heterocycles. The summed E-state index contributed by atoms with van der Waals surface area (Å²) < 4.78 is 6.05. The number of nitrogens with one attached hydrogen (secondary N) is 1. The van der Waals surface area contributed by atoms with Gasteiger partial charge >= 0.3 is 0 Å². The van der Waals surface area contributed by atoms with Crippen LogP contribution in [0.4, 0.5) is 0 Å². The van der Waals surface area contributed by atoms with Crippen LogP contribution in [0.1, 0.15) is 28.6 Å². The highest BCUT2D eigenvalue weighted by molar-refractivity contribution is 9.10. The van der Waals surface area contributed by atoms with Crippen molar-refractivity contribution in [3.05, 3.63) is 58.0 Å². The van der Waals surface area contributed by atoms with E-state index in [4.69, 9.17) is 4.42 Å². The number of hydrogen-bond donors (Lipinski definition) is 1. The normalized spacial score (nSPS) is 11.4. The Morgan fingerprint density at radius 3 is 2.79 bits per heavy atom. The topological polar surface area (TPSA) is 54.6 Å². The summed E-state index contributed by atoms with van der Waals surface area (Å²) in [6.07, 6.45) is 1.48. The fourth-order valence-corrected chi connectivity index (χ4v) is 1.99. The van der Waals surface area contributed by atoms with Crippen molar-refractivity contribution in [2.24, 2.45) is 5.10 Å². The molecule has 2 rings (SSSR count). The maximum absolute atomic E-state index is 11.8. The quantitative estimate of drug-likeness (QED) is 0.695. The first-order chi connectivity index (χ1) is 9.08. The molecule has 1 N–H and O–H groups in total. The Kier molecular flexibility index (Phi) is 4.16. The second-order valence-electron chi connectivity index (χ2n) is 4.04. The van der Waals surface area contributed by atoms with E-state index in [0.717, 1.165) is 15.7 Å². The first-order valence-corrected chi connectivity index (χ1v) is 6.52. The molecule has 1 aromatic carbocycles. The number of benzene rings is 1. The number of rotatable bonds is 3. The van der Waals surface area contributed by atoms with Crippen LogP contribution in [0.25, 0.3) is 0 Å². The molecule has 0 aliphatic rings. The van der Waals surface area contributed by atoms with Crippen LogP contribution in [0.5, 0.6) is 0 Å². The van der Waals surface area contributed by atoms with E-state index in [-0.39, 0.29) is 5.91 Å². The van der Waals surface area contributed by atoms with Crippen molar-refractivity contribution in [2.75, 3.05) is 0 Å². The highest BCUT2D eigenvalue weighted by Crippen LogP contribution is 2.12. The molecule has 0 aliphatic heterocycles. The number of hydrazone groups is 1. The van der Waals surface area contributed by atoms with Crippen molar-refractivity contribution >= 4 is 27.5 Å². The van der Waals surface area contributed by atoms with E-state index in [1.54, 1.807) is 13.0 Å². The van der Waals surface area contributed by atoms with Gasteiger partial charge in [0.1, 0.15) is 5.76 Å². The minimum Gasteiger partial charge on any atom is -0.469 e. The minimum absolute atomic E-state index is 0.277. The van der Waals surface area contributed by atoms with Gasteiger partial charge in [0.15, 0.2) is 0 Å². The lowest BCUT2D eigenvalue weighted by Crippen LogP contribution is -2.19. The van der Waals surface area contributed by atoms with Crippen LogP contribution >= 0.6 is 15.9 Å². The second kappa shape index (κ2) is 5.84. The molecule has 5 heteroatoms. The lowest BCUT2D eigenvalue weighted by atomic mass is 10.1. The zero-order valence-electron chi connectivity index (χ0n) is 10.6. The van der Waals surface area contributed by atoms with Gasteiger partial charge in [0.05, 0.1) is 17.5 Å². The molecule has 1 amide bonds. The Morgan fingerprint density at radius 2 is 2.16 bits per heavy atom. The maximum Gasteiger partial charge on any atom is 0.274 e. The van der Waals surface area contributed by atoms with Crippen LogP contribution < -0.4 is 5.43 Å². The number of nitrogens with zero attached hydrogens (tertiary/aromatic N) is 1. The molecule has 0 spiro atoms. The van der Waals surface area contributed by atoms with Crippen molar-refractivity contribution in [3.63, 3.8) is 0 Å². The second-order valence-corrected chi connectivity index (χ2v) is 4.95. The number of carbonyl (C=O) groups excluding carboxylic acids is 1. The Hall–Kier alpha value is -1.88. The third-order valence-corrected chi connectivity index (χ3v) is 3.16. The van der Waals surface area contributed by atoms with Gasteiger partial charge in [-0.2, -0.15) is 5.10 Å². The van der Waals surface area contributed by atoms with E-state index >= 15 is 0 Å². The summed E-state index contributed by atoms with van der Waals surface area (Å²) in [6.45, 7) is 3.57. The van der Waals surface area contributed by atoms with Gasteiger partial charge in [0.25, 0.3) is 5.91 Å². The molecule has 0 bridgehead atoms. The van der Waals surface area contributed by atoms with Crippen molar-refractivity contribution < 1.29 is 9.21 Å². The molecular weight excluding hydrogens is 308 g/mol. The van der Waals surface area contributed by atoms with Crippen molar-refractivity contribution in [2.45, 2.75) is 13.8 Å². The van der Waals surface area contributed by atoms with Gasteiger partial charge in [-0.3, -0.25) is 4.79 Å². The molecule has 4 nitrogen and oxygen atoms in total. The summed E-state index contributed by atoms with van der Waals surface area (Å²) in [5.74, 6) is 0.299. The first-order valence-electron chi connectivity index (χ1n) is 5.72. The number of amides is 1. The van der Waals surface area contributed by atoms with Gasteiger partial charge in [-0.25, -0.2) is 5.43 Å². The third kappa shape index (κ3) is 3.32. The van der Waals surface area contributed by atoms with Gasteiger partial charge in [-0.15, -0.1) is 0 Å². The number of hydrogen-bond acceptors (Lipinski definition) is 3. The molecule has 0 aliphatic carbocycles. The van der Waals surface area contributed by atoms with Gasteiger partial charge in [0.2, 0.25) is 0 Å². The highest BCUT2D eigenvalue weighted by atomic mass is 79.9. The van der Waals surface area contributed by atoms with Crippen molar-refractivity contribution in [1.82, 2.24) is 5.43 Å². The molecule has 19 heavy (non-hydrogen) atoms. The monoisotopic (exact) mass is 320 g/mol. The fourth-order valence-electron chi connectivity index (χ4n) is 1.59. The largest absolute Gasteiger partial charge is 0.469 e. The zero-order chi connectivity index (χ0) is 13.8. The van der Waals surface area contributed by atoms with Gasteiger partial charge in [-0.1, -0.05) is 28.1 Å². The van der Waals surface area contributed by atoms with Gasteiger partial charge < -0.3 is 4.42 Å². The smallest absolute Gasteiger partial charge is 0.274 e. The molecule has 98 valence electrons. The lowest BCUT2D eigenvalue weighted by Gasteiger charge is -2.03. The van der Waals surface area contributed by atoms with Crippen LogP contribution in [0.2, 0.25) is 0 Å². The first kappa shape index (κ1) is 13.5. The number of furan rings is 1. The Morgan fingerprint density at radius 1 is 1.37 bits per heavy atom. The third-order valence-electron chi connectivity index (χ3n) is 2.67.